The van der Waals surface area contributed by atoms with Crippen molar-refractivity contribution < 1.29 is 9.59 Å². The molecule has 5 nitrogen and oxygen atoms in total. The Hall–Kier alpha value is -2.73. The molecule has 2 aromatic rings. The minimum absolute atomic E-state index is 0.166. The second kappa shape index (κ2) is 11.5. The third-order valence-corrected chi connectivity index (χ3v) is 4.91. The summed E-state index contributed by atoms with van der Waals surface area (Å²) in [4.78, 5) is 25.0. The number of benzene rings is 2. The van der Waals surface area contributed by atoms with Gasteiger partial charge in [-0.15, -0.1) is 0 Å². The molecule has 0 aliphatic rings. The first-order valence-electron chi connectivity index (χ1n) is 10.4. The Morgan fingerprint density at radius 1 is 1.00 bits per heavy atom. The Labute approximate surface area is 184 Å². The molecule has 1 atom stereocenters. The highest BCUT2D eigenvalue weighted by Gasteiger charge is 2.18. The molecule has 0 aliphatic heterocycles. The van der Waals surface area contributed by atoms with E-state index in [1.165, 1.54) is 5.56 Å². The minimum Gasteiger partial charge on any atom is -0.352 e. The zero-order valence-corrected chi connectivity index (χ0v) is 18.9. The SMILES string of the molecule is CCCNC(=O)c1ccccc1NC(=S)NC(=O)C(C)c1ccc(CC(C)C)cc1. The Morgan fingerprint density at radius 2 is 1.67 bits per heavy atom. The molecule has 0 heterocycles. The van der Waals surface area contributed by atoms with Gasteiger partial charge in [0.1, 0.15) is 0 Å². The molecule has 160 valence electrons. The van der Waals surface area contributed by atoms with Crippen molar-refractivity contribution in [2.45, 2.75) is 46.5 Å². The summed E-state index contributed by atoms with van der Waals surface area (Å²) in [5, 5.41) is 8.72. The molecule has 0 aromatic heterocycles. The number of para-hydroxylation sites is 1. The number of hydrogen-bond donors (Lipinski definition) is 3. The molecule has 0 spiro atoms. The standard InChI is InChI=1S/C24H31N3O2S/c1-5-14-25-23(29)20-8-6-7-9-21(20)26-24(30)27-22(28)17(4)19-12-10-18(11-13-19)15-16(2)3/h6-13,16-17H,5,14-15H2,1-4H3,(H,25,29)(H2,26,27,28,30). The highest BCUT2D eigenvalue weighted by atomic mass is 32.1. The predicted octanol–water partition coefficient (Wildman–Crippen LogP) is 4.64. The van der Waals surface area contributed by atoms with Crippen LogP contribution in [0.2, 0.25) is 0 Å². The van der Waals surface area contributed by atoms with E-state index < -0.39 is 0 Å². The van der Waals surface area contributed by atoms with Gasteiger partial charge < -0.3 is 16.0 Å². The molecule has 0 saturated carbocycles. The number of carbonyl (C=O) groups excluding carboxylic acids is 2. The molecule has 30 heavy (non-hydrogen) atoms. The van der Waals surface area contributed by atoms with Crippen molar-refractivity contribution in [3.63, 3.8) is 0 Å². The summed E-state index contributed by atoms with van der Waals surface area (Å²) in [6.07, 6.45) is 1.87. The van der Waals surface area contributed by atoms with E-state index in [-0.39, 0.29) is 22.8 Å². The topological polar surface area (TPSA) is 70.2 Å². The van der Waals surface area contributed by atoms with E-state index in [0.717, 1.165) is 18.4 Å². The quantitative estimate of drug-likeness (QED) is 0.539. The maximum Gasteiger partial charge on any atom is 0.253 e. The summed E-state index contributed by atoms with van der Waals surface area (Å²) < 4.78 is 0. The molecule has 2 amide bonds. The van der Waals surface area contributed by atoms with E-state index >= 15 is 0 Å². The second-order valence-corrected chi connectivity index (χ2v) is 8.21. The van der Waals surface area contributed by atoms with Gasteiger partial charge in [0.25, 0.3) is 5.91 Å². The van der Waals surface area contributed by atoms with Crippen LogP contribution >= 0.6 is 12.2 Å². The molecule has 2 rings (SSSR count). The Morgan fingerprint density at radius 3 is 2.30 bits per heavy atom. The molecule has 1 unspecified atom stereocenters. The van der Waals surface area contributed by atoms with E-state index in [1.807, 2.05) is 32.0 Å². The number of nitrogens with one attached hydrogen (secondary N) is 3. The Bertz CT molecular complexity index is 878. The fraction of sp³-hybridized carbons (Fsp3) is 0.375. The molecule has 0 fully saturated rings. The molecule has 0 saturated heterocycles. The molecule has 3 N–H and O–H groups in total. The van der Waals surface area contributed by atoms with Gasteiger partial charge in [-0.2, -0.15) is 0 Å². The van der Waals surface area contributed by atoms with Crippen LogP contribution in [0, 0.1) is 5.92 Å². The van der Waals surface area contributed by atoms with Crippen LogP contribution in [0.3, 0.4) is 0 Å². The average Bonchev–Trinajstić information content (AvgIpc) is 2.71. The summed E-state index contributed by atoms with van der Waals surface area (Å²) in [5.41, 5.74) is 3.23. The fourth-order valence-corrected chi connectivity index (χ4v) is 3.27. The number of rotatable bonds is 8. The lowest BCUT2D eigenvalue weighted by Crippen LogP contribution is -2.37. The van der Waals surface area contributed by atoms with Gasteiger partial charge in [0.2, 0.25) is 5.91 Å². The Kier molecular flexibility index (Phi) is 8.99. The number of hydrogen-bond acceptors (Lipinski definition) is 3. The molecule has 6 heteroatoms. The number of anilines is 1. The zero-order chi connectivity index (χ0) is 22.1. The molecule has 2 aromatic carbocycles. The van der Waals surface area contributed by atoms with Gasteiger partial charge in [0, 0.05) is 6.54 Å². The van der Waals surface area contributed by atoms with Crippen molar-refractivity contribution in [3.05, 3.63) is 65.2 Å². The van der Waals surface area contributed by atoms with Crippen molar-refractivity contribution >= 4 is 34.8 Å². The average molecular weight is 426 g/mol. The fourth-order valence-electron chi connectivity index (χ4n) is 3.06. The van der Waals surface area contributed by atoms with Crippen LogP contribution in [0.4, 0.5) is 5.69 Å². The monoisotopic (exact) mass is 425 g/mol. The first kappa shape index (κ1) is 23.5. The van der Waals surface area contributed by atoms with Crippen molar-refractivity contribution in [1.82, 2.24) is 10.6 Å². The molecule has 0 aliphatic carbocycles. The highest BCUT2D eigenvalue weighted by Crippen LogP contribution is 2.18. The lowest BCUT2D eigenvalue weighted by molar-refractivity contribution is -0.120. The van der Waals surface area contributed by atoms with Crippen molar-refractivity contribution in [2.24, 2.45) is 5.92 Å². The molecule has 0 bridgehead atoms. The van der Waals surface area contributed by atoms with Crippen molar-refractivity contribution in [2.75, 3.05) is 11.9 Å². The van der Waals surface area contributed by atoms with Crippen LogP contribution in [0.25, 0.3) is 0 Å². The minimum atomic E-state index is -0.346. The van der Waals surface area contributed by atoms with Gasteiger partial charge in [-0.1, -0.05) is 57.2 Å². The largest absolute Gasteiger partial charge is 0.352 e. The summed E-state index contributed by atoms with van der Waals surface area (Å²) >= 11 is 5.31. The predicted molar refractivity (Wildman–Crippen MR) is 127 cm³/mol. The van der Waals surface area contributed by atoms with Gasteiger partial charge in [-0.25, -0.2) is 0 Å². The van der Waals surface area contributed by atoms with Crippen LogP contribution in [-0.2, 0) is 11.2 Å². The first-order valence-corrected chi connectivity index (χ1v) is 10.8. The highest BCUT2D eigenvalue weighted by molar-refractivity contribution is 7.80. The first-order chi connectivity index (χ1) is 14.3. The van der Waals surface area contributed by atoms with E-state index in [0.29, 0.717) is 23.7 Å². The van der Waals surface area contributed by atoms with Crippen LogP contribution in [0.5, 0.6) is 0 Å². The number of thiocarbonyl (C=S) groups is 1. The van der Waals surface area contributed by atoms with Crippen LogP contribution in [0.1, 0.15) is 61.5 Å². The van der Waals surface area contributed by atoms with Gasteiger partial charge in [0.05, 0.1) is 17.2 Å². The number of carbonyl (C=O) groups is 2. The maximum absolute atomic E-state index is 12.6. The van der Waals surface area contributed by atoms with Gasteiger partial charge in [0.15, 0.2) is 5.11 Å². The second-order valence-electron chi connectivity index (χ2n) is 7.81. The maximum atomic E-state index is 12.6. The van der Waals surface area contributed by atoms with Gasteiger partial charge in [-0.3, -0.25) is 9.59 Å². The van der Waals surface area contributed by atoms with Crippen LogP contribution in [-0.4, -0.2) is 23.5 Å². The van der Waals surface area contributed by atoms with E-state index in [9.17, 15) is 9.59 Å². The Balaban J connectivity index is 1.99. The zero-order valence-electron chi connectivity index (χ0n) is 18.1. The molecular formula is C24H31N3O2S. The molecule has 0 radical (unpaired) electrons. The van der Waals surface area contributed by atoms with Gasteiger partial charge >= 0.3 is 0 Å². The number of amides is 2. The lowest BCUT2D eigenvalue weighted by atomic mass is 9.96. The van der Waals surface area contributed by atoms with Crippen LogP contribution < -0.4 is 16.0 Å². The summed E-state index contributed by atoms with van der Waals surface area (Å²) in [7, 11) is 0. The summed E-state index contributed by atoms with van der Waals surface area (Å²) in [5.74, 6) is -0.131. The summed E-state index contributed by atoms with van der Waals surface area (Å²) in [6.45, 7) is 8.81. The third kappa shape index (κ3) is 6.95. The normalized spacial score (nSPS) is 11.6. The lowest BCUT2D eigenvalue weighted by Gasteiger charge is -2.16. The van der Waals surface area contributed by atoms with Crippen LogP contribution in [0.15, 0.2) is 48.5 Å². The van der Waals surface area contributed by atoms with Crippen molar-refractivity contribution in [3.8, 4) is 0 Å². The smallest absolute Gasteiger partial charge is 0.253 e. The summed E-state index contributed by atoms with van der Waals surface area (Å²) in [6, 6.07) is 15.2. The van der Waals surface area contributed by atoms with Crippen molar-refractivity contribution in [1.29, 1.82) is 0 Å². The third-order valence-electron chi connectivity index (χ3n) is 4.71. The molecular weight excluding hydrogens is 394 g/mol. The van der Waals surface area contributed by atoms with E-state index in [4.69, 9.17) is 12.2 Å². The van der Waals surface area contributed by atoms with Gasteiger partial charge in [-0.05, 0) is 61.2 Å². The van der Waals surface area contributed by atoms with E-state index in [2.05, 4.69) is 41.9 Å². The van der Waals surface area contributed by atoms with E-state index in [1.54, 1.807) is 18.2 Å².